The monoisotopic (exact) mass is 347 g/mol. The summed E-state index contributed by atoms with van der Waals surface area (Å²) in [4.78, 5) is 0. The molecule has 3 aromatic rings. The van der Waals surface area contributed by atoms with E-state index in [-0.39, 0.29) is 18.2 Å². The summed E-state index contributed by atoms with van der Waals surface area (Å²) in [7, 11) is 1.66. The molecular weight excluding hydrogens is 329 g/mol. The van der Waals surface area contributed by atoms with Crippen molar-refractivity contribution in [1.29, 1.82) is 0 Å². The van der Waals surface area contributed by atoms with Gasteiger partial charge in [0.2, 0.25) is 0 Å². The van der Waals surface area contributed by atoms with Gasteiger partial charge in [-0.15, -0.1) is 12.4 Å². The van der Waals surface area contributed by atoms with Crippen molar-refractivity contribution in [3.8, 4) is 17.1 Å². The first kappa shape index (κ1) is 18.0. The zero-order valence-electron chi connectivity index (χ0n) is 13.3. The van der Waals surface area contributed by atoms with Gasteiger partial charge in [0.05, 0.1) is 19.2 Å². The third-order valence-corrected chi connectivity index (χ3v) is 3.61. The van der Waals surface area contributed by atoms with Gasteiger partial charge < -0.3 is 14.5 Å². The van der Waals surface area contributed by atoms with Gasteiger partial charge in [-0.2, -0.15) is 0 Å². The number of ether oxygens (including phenoxy) is 1. The summed E-state index contributed by atoms with van der Waals surface area (Å²) >= 11 is 0. The van der Waals surface area contributed by atoms with Gasteiger partial charge in [-0.25, -0.2) is 4.39 Å². The molecule has 1 N–H and O–H groups in total. The highest BCUT2D eigenvalue weighted by molar-refractivity contribution is 5.85. The fourth-order valence-corrected chi connectivity index (χ4v) is 2.45. The Morgan fingerprint density at radius 1 is 0.958 bits per heavy atom. The van der Waals surface area contributed by atoms with Crippen LogP contribution in [0.5, 0.6) is 5.75 Å². The topological polar surface area (TPSA) is 34.4 Å². The lowest BCUT2D eigenvalue weighted by atomic mass is 10.1. The first-order chi connectivity index (χ1) is 11.3. The first-order valence-electron chi connectivity index (χ1n) is 7.44. The molecule has 3 rings (SSSR count). The summed E-state index contributed by atoms with van der Waals surface area (Å²) in [5.74, 6) is 1.87. The van der Waals surface area contributed by atoms with Gasteiger partial charge in [-0.1, -0.05) is 30.3 Å². The summed E-state index contributed by atoms with van der Waals surface area (Å²) in [6.45, 7) is 1.23. The van der Waals surface area contributed by atoms with E-state index in [1.54, 1.807) is 31.4 Å². The number of hydrogen-bond donors (Lipinski definition) is 1. The Morgan fingerprint density at radius 2 is 1.71 bits per heavy atom. The molecule has 0 aliphatic heterocycles. The minimum atomic E-state index is -0.282. The second-order valence-corrected chi connectivity index (χ2v) is 5.16. The summed E-state index contributed by atoms with van der Waals surface area (Å²) in [6, 6.07) is 18.1. The van der Waals surface area contributed by atoms with Crippen LogP contribution in [0.3, 0.4) is 0 Å². The summed E-state index contributed by atoms with van der Waals surface area (Å²) < 4.78 is 24.8. The minimum absolute atomic E-state index is 0. The van der Waals surface area contributed by atoms with Crippen LogP contribution in [0.1, 0.15) is 11.3 Å². The largest absolute Gasteiger partial charge is 0.496 e. The lowest BCUT2D eigenvalue weighted by Crippen LogP contribution is -2.12. The molecule has 0 amide bonds. The lowest BCUT2D eigenvalue weighted by molar-refractivity contribution is 0.406. The number of para-hydroxylation sites is 1. The van der Waals surface area contributed by atoms with Crippen LogP contribution in [0.15, 0.2) is 65.1 Å². The standard InChI is InChI=1S/C19H18FNO2.ClH/c1-22-18-9-5-2-6-14(18)12-21-13-15-10-11-19(23-15)16-7-3-4-8-17(16)20;/h2-11,21H,12-13H2,1H3;1H. The SMILES string of the molecule is COc1ccccc1CNCc1ccc(-c2ccccc2F)o1.Cl. The Bertz CT molecular complexity index is 788. The fraction of sp³-hybridized carbons (Fsp3) is 0.158. The third-order valence-electron chi connectivity index (χ3n) is 3.61. The molecule has 0 unspecified atom stereocenters. The van der Waals surface area contributed by atoms with Crippen molar-refractivity contribution in [2.75, 3.05) is 7.11 Å². The van der Waals surface area contributed by atoms with E-state index in [2.05, 4.69) is 5.32 Å². The van der Waals surface area contributed by atoms with E-state index in [4.69, 9.17) is 9.15 Å². The summed E-state index contributed by atoms with van der Waals surface area (Å²) in [5, 5.41) is 3.30. The number of benzene rings is 2. The zero-order valence-corrected chi connectivity index (χ0v) is 14.1. The van der Waals surface area contributed by atoms with Crippen molar-refractivity contribution in [3.63, 3.8) is 0 Å². The zero-order chi connectivity index (χ0) is 16.1. The Hall–Kier alpha value is -2.30. The van der Waals surface area contributed by atoms with Crippen LogP contribution in [0, 0.1) is 5.82 Å². The van der Waals surface area contributed by atoms with Crippen LogP contribution in [0.4, 0.5) is 4.39 Å². The summed E-state index contributed by atoms with van der Waals surface area (Å²) in [6.07, 6.45) is 0. The molecule has 3 nitrogen and oxygen atoms in total. The smallest absolute Gasteiger partial charge is 0.137 e. The highest BCUT2D eigenvalue weighted by Gasteiger charge is 2.09. The maximum absolute atomic E-state index is 13.8. The van der Waals surface area contributed by atoms with Crippen molar-refractivity contribution in [2.24, 2.45) is 0 Å². The quantitative estimate of drug-likeness (QED) is 0.695. The van der Waals surface area contributed by atoms with Crippen LogP contribution in [-0.2, 0) is 13.1 Å². The Balaban J connectivity index is 0.00000208. The molecule has 0 saturated heterocycles. The lowest BCUT2D eigenvalue weighted by Gasteiger charge is -2.08. The molecule has 0 aliphatic carbocycles. The molecule has 0 bridgehead atoms. The number of nitrogens with one attached hydrogen (secondary N) is 1. The van der Waals surface area contributed by atoms with E-state index in [0.717, 1.165) is 17.1 Å². The van der Waals surface area contributed by atoms with Gasteiger partial charge in [0.1, 0.15) is 23.1 Å². The van der Waals surface area contributed by atoms with Gasteiger partial charge in [0.15, 0.2) is 0 Å². The number of methoxy groups -OCH3 is 1. The van der Waals surface area contributed by atoms with Crippen LogP contribution in [0.25, 0.3) is 11.3 Å². The van der Waals surface area contributed by atoms with E-state index < -0.39 is 0 Å². The number of halogens is 2. The molecule has 0 fully saturated rings. The molecule has 1 aromatic heterocycles. The highest BCUT2D eigenvalue weighted by atomic mass is 35.5. The van der Waals surface area contributed by atoms with Crippen molar-refractivity contribution in [3.05, 3.63) is 77.8 Å². The molecule has 0 spiro atoms. The Labute approximate surface area is 146 Å². The highest BCUT2D eigenvalue weighted by Crippen LogP contribution is 2.25. The molecular formula is C19H19ClFNO2. The normalized spacial score (nSPS) is 10.2. The predicted molar refractivity (Wildman–Crippen MR) is 94.9 cm³/mol. The van der Waals surface area contributed by atoms with E-state index in [0.29, 0.717) is 24.4 Å². The van der Waals surface area contributed by atoms with Crippen molar-refractivity contribution >= 4 is 12.4 Å². The van der Waals surface area contributed by atoms with E-state index in [1.165, 1.54) is 6.07 Å². The van der Waals surface area contributed by atoms with Crippen LogP contribution in [0.2, 0.25) is 0 Å². The number of furan rings is 1. The molecule has 126 valence electrons. The molecule has 1 heterocycles. The van der Waals surface area contributed by atoms with Gasteiger partial charge >= 0.3 is 0 Å². The maximum Gasteiger partial charge on any atom is 0.137 e. The van der Waals surface area contributed by atoms with E-state index >= 15 is 0 Å². The minimum Gasteiger partial charge on any atom is -0.496 e. The Morgan fingerprint density at radius 3 is 2.50 bits per heavy atom. The van der Waals surface area contributed by atoms with Gasteiger partial charge in [0, 0.05) is 12.1 Å². The number of hydrogen-bond acceptors (Lipinski definition) is 3. The predicted octanol–water partition coefficient (Wildman–Crippen LogP) is 4.81. The van der Waals surface area contributed by atoms with Crippen molar-refractivity contribution < 1.29 is 13.5 Å². The average Bonchev–Trinajstić information content (AvgIpc) is 3.04. The third kappa shape index (κ3) is 4.16. The van der Waals surface area contributed by atoms with Gasteiger partial charge in [-0.05, 0) is 30.3 Å². The first-order valence-corrected chi connectivity index (χ1v) is 7.44. The average molecular weight is 348 g/mol. The molecule has 0 aliphatic rings. The summed E-state index contributed by atoms with van der Waals surface area (Å²) in [5.41, 5.74) is 1.55. The van der Waals surface area contributed by atoms with Crippen molar-refractivity contribution in [2.45, 2.75) is 13.1 Å². The maximum atomic E-state index is 13.8. The van der Waals surface area contributed by atoms with Gasteiger partial charge in [-0.3, -0.25) is 0 Å². The second-order valence-electron chi connectivity index (χ2n) is 5.16. The van der Waals surface area contributed by atoms with Crippen molar-refractivity contribution in [1.82, 2.24) is 5.32 Å². The molecule has 24 heavy (non-hydrogen) atoms. The molecule has 5 heteroatoms. The van der Waals surface area contributed by atoms with E-state index in [9.17, 15) is 4.39 Å². The van der Waals surface area contributed by atoms with Gasteiger partial charge in [0.25, 0.3) is 0 Å². The van der Waals surface area contributed by atoms with E-state index in [1.807, 2.05) is 30.3 Å². The van der Waals surface area contributed by atoms with Crippen LogP contribution < -0.4 is 10.1 Å². The second kappa shape index (κ2) is 8.52. The Kier molecular flexibility index (Phi) is 6.41. The molecule has 0 radical (unpaired) electrons. The molecule has 2 aromatic carbocycles. The van der Waals surface area contributed by atoms with Crippen LogP contribution in [-0.4, -0.2) is 7.11 Å². The molecule has 0 saturated carbocycles. The van der Waals surface area contributed by atoms with Crippen LogP contribution >= 0.6 is 12.4 Å². The molecule has 0 atom stereocenters. The fourth-order valence-electron chi connectivity index (χ4n) is 2.45. The number of rotatable bonds is 6.